The molecule has 0 aliphatic rings. The Labute approximate surface area is 136 Å². The van der Waals surface area contributed by atoms with Crippen molar-refractivity contribution in [1.29, 1.82) is 0 Å². The zero-order valence-electron chi connectivity index (χ0n) is 13.6. The van der Waals surface area contributed by atoms with E-state index in [4.69, 9.17) is 0 Å². The molecule has 0 radical (unpaired) electrons. The number of nitrogens with zero attached hydrogens (tertiary/aromatic N) is 2. The van der Waals surface area contributed by atoms with Crippen molar-refractivity contribution < 1.29 is 5.11 Å². The summed E-state index contributed by atoms with van der Waals surface area (Å²) in [7, 11) is 0. The quantitative estimate of drug-likeness (QED) is 0.689. The van der Waals surface area contributed by atoms with Gasteiger partial charge < -0.3 is 9.67 Å². The van der Waals surface area contributed by atoms with E-state index in [0.717, 1.165) is 16.9 Å². The van der Waals surface area contributed by atoms with E-state index in [1.165, 1.54) is 16.9 Å². The van der Waals surface area contributed by atoms with Crippen LogP contribution in [-0.2, 0) is 0 Å². The average molecular weight is 304 g/mol. The topological polar surface area (TPSA) is 37.5 Å². The number of benzene rings is 2. The lowest BCUT2D eigenvalue weighted by molar-refractivity contribution is 0.475. The summed E-state index contributed by atoms with van der Waals surface area (Å²) >= 11 is 0. The van der Waals surface area contributed by atoms with Gasteiger partial charge in [-0.3, -0.25) is 4.99 Å². The lowest BCUT2D eigenvalue weighted by Crippen LogP contribution is -1.99. The summed E-state index contributed by atoms with van der Waals surface area (Å²) < 4.78 is 2.24. The van der Waals surface area contributed by atoms with Crippen LogP contribution in [0, 0.1) is 20.8 Å². The molecule has 0 amide bonds. The highest BCUT2D eigenvalue weighted by Gasteiger charge is 2.09. The molecule has 3 nitrogen and oxygen atoms in total. The molecule has 0 bridgehead atoms. The second-order valence-corrected chi connectivity index (χ2v) is 5.78. The first-order valence-corrected chi connectivity index (χ1v) is 7.63. The molecule has 0 unspecified atom stereocenters. The molecular weight excluding hydrogens is 284 g/mol. The minimum atomic E-state index is 0.251. The summed E-state index contributed by atoms with van der Waals surface area (Å²) in [4.78, 5) is 4.49. The molecule has 23 heavy (non-hydrogen) atoms. The second kappa shape index (κ2) is 6.13. The van der Waals surface area contributed by atoms with Crippen LogP contribution in [0.15, 0.2) is 59.6 Å². The van der Waals surface area contributed by atoms with E-state index in [2.05, 4.69) is 60.7 Å². The second-order valence-electron chi connectivity index (χ2n) is 5.78. The van der Waals surface area contributed by atoms with Crippen LogP contribution >= 0.6 is 0 Å². The minimum absolute atomic E-state index is 0.251. The smallest absolute Gasteiger partial charge is 0.115 e. The summed E-state index contributed by atoms with van der Waals surface area (Å²) in [6.45, 7) is 6.31. The molecule has 0 atom stereocenters. The average Bonchev–Trinajstić information content (AvgIpc) is 2.81. The minimum Gasteiger partial charge on any atom is -0.508 e. The van der Waals surface area contributed by atoms with Crippen LogP contribution in [0.5, 0.6) is 5.75 Å². The summed E-state index contributed by atoms with van der Waals surface area (Å²) in [5.41, 5.74) is 6.68. The molecule has 0 fully saturated rings. The fourth-order valence-corrected chi connectivity index (χ4v) is 2.77. The zero-order valence-corrected chi connectivity index (χ0v) is 13.6. The zero-order chi connectivity index (χ0) is 16.4. The van der Waals surface area contributed by atoms with Crippen LogP contribution in [0.25, 0.3) is 5.69 Å². The SMILES string of the molecule is Cc1cccc(-n2c(C)cc(C=Nc3ccc(O)cc3)c2C)c1. The van der Waals surface area contributed by atoms with Gasteiger partial charge in [-0.05, 0) is 68.8 Å². The number of aryl methyl sites for hydroxylation is 2. The largest absolute Gasteiger partial charge is 0.508 e. The van der Waals surface area contributed by atoms with Gasteiger partial charge in [-0.1, -0.05) is 12.1 Å². The molecule has 0 saturated heterocycles. The molecule has 0 aliphatic heterocycles. The van der Waals surface area contributed by atoms with Gasteiger partial charge in [0, 0.05) is 28.9 Å². The number of aliphatic imine (C=N–C) groups is 1. The fourth-order valence-electron chi connectivity index (χ4n) is 2.77. The van der Waals surface area contributed by atoms with Gasteiger partial charge in [-0.15, -0.1) is 0 Å². The molecule has 3 aromatic rings. The van der Waals surface area contributed by atoms with Crippen molar-refractivity contribution in [3.05, 3.63) is 77.1 Å². The Morgan fingerprint density at radius 3 is 2.39 bits per heavy atom. The summed E-state index contributed by atoms with van der Waals surface area (Å²) in [6.07, 6.45) is 1.88. The Kier molecular flexibility index (Phi) is 4.02. The van der Waals surface area contributed by atoms with Crippen molar-refractivity contribution in [2.24, 2.45) is 4.99 Å². The van der Waals surface area contributed by atoms with E-state index < -0.39 is 0 Å². The first-order valence-electron chi connectivity index (χ1n) is 7.63. The van der Waals surface area contributed by atoms with Crippen molar-refractivity contribution in [2.75, 3.05) is 0 Å². The summed E-state index contributed by atoms with van der Waals surface area (Å²) in [6, 6.07) is 17.5. The molecule has 116 valence electrons. The van der Waals surface area contributed by atoms with E-state index in [1.54, 1.807) is 24.3 Å². The Bertz CT molecular complexity index is 858. The summed E-state index contributed by atoms with van der Waals surface area (Å²) in [5.74, 6) is 0.251. The van der Waals surface area contributed by atoms with Crippen LogP contribution in [0.3, 0.4) is 0 Å². The van der Waals surface area contributed by atoms with Crippen molar-refractivity contribution >= 4 is 11.9 Å². The third-order valence-electron chi connectivity index (χ3n) is 3.93. The van der Waals surface area contributed by atoms with Gasteiger partial charge in [-0.2, -0.15) is 0 Å². The maximum Gasteiger partial charge on any atom is 0.115 e. The lowest BCUT2D eigenvalue weighted by atomic mass is 10.2. The first kappa shape index (κ1) is 15.1. The number of hydrogen-bond donors (Lipinski definition) is 1. The maximum absolute atomic E-state index is 9.32. The number of phenolic OH excluding ortho intramolecular Hbond substituents is 1. The highest BCUT2D eigenvalue weighted by atomic mass is 16.3. The number of hydrogen-bond acceptors (Lipinski definition) is 2. The van der Waals surface area contributed by atoms with E-state index in [1.807, 2.05) is 6.21 Å². The summed E-state index contributed by atoms with van der Waals surface area (Å²) in [5, 5.41) is 9.32. The predicted octanol–water partition coefficient (Wildman–Crippen LogP) is 4.86. The van der Waals surface area contributed by atoms with Crippen LogP contribution in [0.2, 0.25) is 0 Å². The molecule has 0 aliphatic carbocycles. The molecule has 1 aromatic heterocycles. The van der Waals surface area contributed by atoms with Crippen LogP contribution < -0.4 is 0 Å². The number of aromatic hydroxyl groups is 1. The normalized spacial score (nSPS) is 11.3. The Balaban J connectivity index is 1.96. The van der Waals surface area contributed by atoms with Gasteiger partial charge in [0.05, 0.1) is 5.69 Å². The highest BCUT2D eigenvalue weighted by molar-refractivity contribution is 5.84. The molecule has 0 saturated carbocycles. The molecule has 0 spiro atoms. The predicted molar refractivity (Wildman–Crippen MR) is 95.3 cm³/mol. The molecule has 1 heterocycles. The van der Waals surface area contributed by atoms with E-state index >= 15 is 0 Å². The van der Waals surface area contributed by atoms with Crippen molar-refractivity contribution in [3.8, 4) is 11.4 Å². The van der Waals surface area contributed by atoms with Crippen molar-refractivity contribution in [2.45, 2.75) is 20.8 Å². The van der Waals surface area contributed by atoms with Crippen LogP contribution in [0.4, 0.5) is 5.69 Å². The lowest BCUT2D eigenvalue weighted by Gasteiger charge is -2.10. The molecule has 1 N–H and O–H groups in total. The van der Waals surface area contributed by atoms with E-state index in [9.17, 15) is 5.11 Å². The third kappa shape index (κ3) is 3.19. The number of rotatable bonds is 3. The Hall–Kier alpha value is -2.81. The monoisotopic (exact) mass is 304 g/mol. The van der Waals surface area contributed by atoms with Gasteiger partial charge in [0.2, 0.25) is 0 Å². The third-order valence-corrected chi connectivity index (χ3v) is 3.93. The highest BCUT2D eigenvalue weighted by Crippen LogP contribution is 2.22. The standard InChI is InChI=1S/C20H20N2O/c1-14-5-4-6-19(11-14)22-15(2)12-17(16(22)3)13-21-18-7-9-20(23)10-8-18/h4-13,23H,1-3H3. The Morgan fingerprint density at radius 1 is 0.957 bits per heavy atom. The van der Waals surface area contributed by atoms with Crippen LogP contribution in [-0.4, -0.2) is 15.9 Å². The number of phenols is 1. The molecular formula is C20H20N2O. The molecule has 2 aromatic carbocycles. The van der Waals surface area contributed by atoms with Crippen LogP contribution in [0.1, 0.15) is 22.5 Å². The van der Waals surface area contributed by atoms with Gasteiger partial charge in [-0.25, -0.2) is 0 Å². The molecule has 3 heteroatoms. The van der Waals surface area contributed by atoms with Gasteiger partial charge in [0.25, 0.3) is 0 Å². The van der Waals surface area contributed by atoms with Gasteiger partial charge in [0.1, 0.15) is 5.75 Å². The number of aromatic nitrogens is 1. The van der Waals surface area contributed by atoms with Gasteiger partial charge >= 0.3 is 0 Å². The van der Waals surface area contributed by atoms with E-state index in [-0.39, 0.29) is 5.75 Å². The Morgan fingerprint density at radius 2 is 1.70 bits per heavy atom. The fraction of sp³-hybridized carbons (Fsp3) is 0.150. The van der Waals surface area contributed by atoms with Crippen molar-refractivity contribution in [1.82, 2.24) is 4.57 Å². The van der Waals surface area contributed by atoms with Crippen molar-refractivity contribution in [3.63, 3.8) is 0 Å². The maximum atomic E-state index is 9.32. The van der Waals surface area contributed by atoms with E-state index in [0.29, 0.717) is 0 Å². The molecule has 3 rings (SSSR count). The van der Waals surface area contributed by atoms with Gasteiger partial charge in [0.15, 0.2) is 0 Å². The first-order chi connectivity index (χ1) is 11.0.